The molecule has 19 heavy (non-hydrogen) atoms. The van der Waals surface area contributed by atoms with Gasteiger partial charge < -0.3 is 5.32 Å². The standard InChI is InChI=1S/C13H22N2O2S2/c1-4-13(2,3)15-19(16,17)12-7-8-18-11(12)9-14-10-5-6-10/h7-8,10,14-15H,4-6,9H2,1-3H3. The summed E-state index contributed by atoms with van der Waals surface area (Å²) in [7, 11) is -3.42. The van der Waals surface area contributed by atoms with Crippen molar-refractivity contribution in [3.8, 4) is 0 Å². The third kappa shape index (κ3) is 4.02. The molecule has 2 rings (SSSR count). The third-order valence-corrected chi connectivity index (χ3v) is 6.25. The first-order chi connectivity index (χ1) is 8.84. The average Bonchev–Trinajstić information content (AvgIpc) is 3.01. The minimum absolute atomic E-state index is 0.415. The van der Waals surface area contributed by atoms with Gasteiger partial charge in [-0.15, -0.1) is 11.3 Å². The first-order valence-electron chi connectivity index (χ1n) is 6.68. The Kier molecular flexibility index (Phi) is 4.35. The van der Waals surface area contributed by atoms with E-state index in [0.29, 0.717) is 17.5 Å². The summed E-state index contributed by atoms with van der Waals surface area (Å²) < 4.78 is 27.6. The van der Waals surface area contributed by atoms with Gasteiger partial charge in [0.05, 0.1) is 4.90 Å². The molecule has 0 aromatic carbocycles. The molecule has 0 atom stereocenters. The van der Waals surface area contributed by atoms with Crippen molar-refractivity contribution >= 4 is 21.4 Å². The molecule has 1 heterocycles. The summed E-state index contributed by atoms with van der Waals surface area (Å²) in [6.45, 7) is 6.43. The summed E-state index contributed by atoms with van der Waals surface area (Å²) in [5.74, 6) is 0. The van der Waals surface area contributed by atoms with E-state index in [1.54, 1.807) is 6.07 Å². The lowest BCUT2D eigenvalue weighted by molar-refractivity contribution is 0.439. The largest absolute Gasteiger partial charge is 0.309 e. The van der Waals surface area contributed by atoms with Gasteiger partial charge in [-0.2, -0.15) is 0 Å². The van der Waals surface area contributed by atoms with Crippen molar-refractivity contribution in [2.45, 2.75) is 63.1 Å². The van der Waals surface area contributed by atoms with Gasteiger partial charge in [0.2, 0.25) is 10.0 Å². The summed E-state index contributed by atoms with van der Waals surface area (Å²) >= 11 is 1.50. The average molecular weight is 302 g/mol. The fourth-order valence-electron chi connectivity index (χ4n) is 1.71. The molecular weight excluding hydrogens is 280 g/mol. The lowest BCUT2D eigenvalue weighted by Gasteiger charge is -2.24. The Bertz CT molecular complexity index is 531. The van der Waals surface area contributed by atoms with Gasteiger partial charge in [0.25, 0.3) is 0 Å². The predicted octanol–water partition coefficient (Wildman–Crippen LogP) is 2.47. The molecule has 1 aromatic rings. The molecule has 0 spiro atoms. The summed E-state index contributed by atoms with van der Waals surface area (Å²) in [6, 6.07) is 2.28. The SMILES string of the molecule is CCC(C)(C)NS(=O)(=O)c1ccsc1CNC1CC1. The topological polar surface area (TPSA) is 58.2 Å². The quantitative estimate of drug-likeness (QED) is 0.813. The smallest absolute Gasteiger partial charge is 0.242 e. The van der Waals surface area contributed by atoms with E-state index in [2.05, 4.69) is 10.0 Å². The highest BCUT2D eigenvalue weighted by Gasteiger charge is 2.28. The number of thiophene rings is 1. The van der Waals surface area contributed by atoms with Crippen LogP contribution < -0.4 is 10.0 Å². The van der Waals surface area contributed by atoms with E-state index < -0.39 is 15.6 Å². The van der Waals surface area contributed by atoms with Crippen molar-refractivity contribution in [1.29, 1.82) is 0 Å². The molecule has 2 N–H and O–H groups in total. The van der Waals surface area contributed by atoms with E-state index in [4.69, 9.17) is 0 Å². The lowest BCUT2D eigenvalue weighted by atomic mass is 10.0. The minimum Gasteiger partial charge on any atom is -0.309 e. The van der Waals surface area contributed by atoms with Gasteiger partial charge in [0, 0.05) is 23.0 Å². The van der Waals surface area contributed by atoms with Crippen molar-refractivity contribution in [3.63, 3.8) is 0 Å². The number of hydrogen-bond acceptors (Lipinski definition) is 4. The van der Waals surface area contributed by atoms with Crippen LogP contribution in [0, 0.1) is 0 Å². The Morgan fingerprint density at radius 3 is 2.68 bits per heavy atom. The summed E-state index contributed by atoms with van der Waals surface area (Å²) in [5, 5.41) is 5.21. The summed E-state index contributed by atoms with van der Waals surface area (Å²) in [6.07, 6.45) is 3.16. The molecule has 0 saturated heterocycles. The van der Waals surface area contributed by atoms with Crippen LogP contribution in [0.4, 0.5) is 0 Å². The van der Waals surface area contributed by atoms with Gasteiger partial charge >= 0.3 is 0 Å². The van der Waals surface area contributed by atoms with Gasteiger partial charge in [0.1, 0.15) is 0 Å². The van der Waals surface area contributed by atoms with Crippen molar-refractivity contribution < 1.29 is 8.42 Å². The Hall–Kier alpha value is -0.430. The Labute approximate surface area is 119 Å². The Balaban J connectivity index is 2.13. The molecule has 1 aliphatic rings. The zero-order chi connectivity index (χ0) is 14.1. The van der Waals surface area contributed by atoms with Crippen LogP contribution in [0.1, 0.15) is 44.9 Å². The van der Waals surface area contributed by atoms with Gasteiger partial charge in [-0.05, 0) is 44.6 Å². The molecule has 0 aliphatic heterocycles. The fraction of sp³-hybridized carbons (Fsp3) is 0.692. The lowest BCUT2D eigenvalue weighted by Crippen LogP contribution is -2.42. The highest BCUT2D eigenvalue weighted by molar-refractivity contribution is 7.89. The van der Waals surface area contributed by atoms with Crippen molar-refractivity contribution in [2.75, 3.05) is 0 Å². The molecule has 6 heteroatoms. The first-order valence-corrected chi connectivity index (χ1v) is 9.04. The zero-order valence-electron chi connectivity index (χ0n) is 11.7. The first kappa shape index (κ1) is 15.0. The van der Waals surface area contributed by atoms with E-state index in [1.807, 2.05) is 26.2 Å². The van der Waals surface area contributed by atoms with Crippen LogP contribution in [0.25, 0.3) is 0 Å². The van der Waals surface area contributed by atoms with Crippen molar-refractivity contribution in [2.24, 2.45) is 0 Å². The maximum Gasteiger partial charge on any atom is 0.242 e. The highest BCUT2D eigenvalue weighted by Crippen LogP contribution is 2.26. The van der Waals surface area contributed by atoms with Crippen molar-refractivity contribution in [3.05, 3.63) is 16.3 Å². The molecule has 1 fully saturated rings. The van der Waals surface area contributed by atoms with Crippen LogP contribution in [0.3, 0.4) is 0 Å². The maximum absolute atomic E-state index is 12.4. The molecule has 1 aromatic heterocycles. The second kappa shape index (κ2) is 5.52. The van der Waals surface area contributed by atoms with Gasteiger partial charge in [0.15, 0.2) is 0 Å². The normalized spacial score (nSPS) is 16.8. The number of sulfonamides is 1. The second-order valence-electron chi connectivity index (χ2n) is 5.71. The predicted molar refractivity (Wildman–Crippen MR) is 78.9 cm³/mol. The van der Waals surface area contributed by atoms with E-state index in [1.165, 1.54) is 24.2 Å². The van der Waals surface area contributed by atoms with E-state index in [0.717, 1.165) is 11.3 Å². The molecule has 0 amide bonds. The molecular formula is C13H22N2O2S2. The van der Waals surface area contributed by atoms with Gasteiger partial charge in [-0.25, -0.2) is 13.1 Å². The molecule has 1 aliphatic carbocycles. The third-order valence-electron chi connectivity index (χ3n) is 3.42. The van der Waals surface area contributed by atoms with Crippen LogP contribution in [-0.2, 0) is 16.6 Å². The molecule has 108 valence electrons. The number of nitrogens with one attached hydrogen (secondary N) is 2. The monoisotopic (exact) mass is 302 g/mol. The highest BCUT2D eigenvalue weighted by atomic mass is 32.2. The number of rotatable bonds is 7. The fourth-order valence-corrected chi connectivity index (χ4v) is 4.59. The second-order valence-corrected chi connectivity index (χ2v) is 8.36. The molecule has 1 saturated carbocycles. The molecule has 0 radical (unpaired) electrons. The summed E-state index contributed by atoms with van der Waals surface area (Å²) in [5.41, 5.74) is -0.415. The van der Waals surface area contributed by atoms with Crippen LogP contribution in [0.15, 0.2) is 16.3 Å². The molecule has 0 unspecified atom stereocenters. The van der Waals surface area contributed by atoms with E-state index >= 15 is 0 Å². The summed E-state index contributed by atoms with van der Waals surface area (Å²) in [4.78, 5) is 1.32. The molecule has 0 bridgehead atoms. The zero-order valence-corrected chi connectivity index (χ0v) is 13.3. The van der Waals surface area contributed by atoms with Crippen molar-refractivity contribution in [1.82, 2.24) is 10.0 Å². The van der Waals surface area contributed by atoms with Crippen LogP contribution in [0.2, 0.25) is 0 Å². The van der Waals surface area contributed by atoms with E-state index in [9.17, 15) is 8.42 Å². The Morgan fingerprint density at radius 1 is 1.42 bits per heavy atom. The minimum atomic E-state index is -3.42. The van der Waals surface area contributed by atoms with Gasteiger partial charge in [-0.1, -0.05) is 6.92 Å². The number of hydrogen-bond donors (Lipinski definition) is 2. The van der Waals surface area contributed by atoms with E-state index in [-0.39, 0.29) is 0 Å². The van der Waals surface area contributed by atoms with Crippen LogP contribution >= 0.6 is 11.3 Å². The van der Waals surface area contributed by atoms with Crippen LogP contribution in [-0.4, -0.2) is 20.0 Å². The molecule has 4 nitrogen and oxygen atoms in total. The maximum atomic E-state index is 12.4. The van der Waals surface area contributed by atoms with Crippen LogP contribution in [0.5, 0.6) is 0 Å². The van der Waals surface area contributed by atoms with Gasteiger partial charge in [-0.3, -0.25) is 0 Å². The Morgan fingerprint density at radius 2 is 2.11 bits per heavy atom.